The Hall–Kier alpha value is -2.33. The summed E-state index contributed by atoms with van der Waals surface area (Å²) in [6, 6.07) is 13.1. The van der Waals surface area contributed by atoms with Crippen molar-refractivity contribution in [2.75, 3.05) is 0 Å². The Labute approximate surface area is 122 Å². The van der Waals surface area contributed by atoms with Gasteiger partial charge in [0, 0.05) is 0 Å². The van der Waals surface area contributed by atoms with Gasteiger partial charge in [0.1, 0.15) is 0 Å². The maximum absolute atomic E-state index is 11.9. The molecular weight excluding hydrogens is 266 g/mol. The lowest BCUT2D eigenvalue weighted by Crippen LogP contribution is -2.19. The van der Waals surface area contributed by atoms with E-state index in [0.717, 1.165) is 16.7 Å². The van der Waals surface area contributed by atoms with Gasteiger partial charge >= 0.3 is 5.76 Å². The number of hydrogen-bond donors (Lipinski definition) is 1. The molecule has 21 heavy (non-hydrogen) atoms. The van der Waals surface area contributed by atoms with Crippen molar-refractivity contribution in [3.8, 4) is 0 Å². The van der Waals surface area contributed by atoms with Crippen LogP contribution in [-0.2, 0) is 6.54 Å². The van der Waals surface area contributed by atoms with Crippen molar-refractivity contribution < 1.29 is 9.52 Å². The summed E-state index contributed by atoms with van der Waals surface area (Å²) in [5, 5.41) is 10.4. The molecule has 1 N–H and O–H groups in total. The molecule has 0 aliphatic rings. The van der Waals surface area contributed by atoms with Gasteiger partial charge in [-0.05, 0) is 37.1 Å². The number of fused-ring (bicyclic) bond motifs is 1. The number of oxazole rings is 1. The zero-order valence-electron chi connectivity index (χ0n) is 12.0. The van der Waals surface area contributed by atoms with E-state index in [4.69, 9.17) is 4.42 Å². The van der Waals surface area contributed by atoms with Crippen LogP contribution in [0.1, 0.15) is 22.8 Å². The third-order valence-electron chi connectivity index (χ3n) is 3.71. The number of aryl methyl sites for hydroxylation is 2. The number of aliphatic hydroxyl groups excluding tert-OH is 1. The summed E-state index contributed by atoms with van der Waals surface area (Å²) in [6.45, 7) is 4.15. The highest BCUT2D eigenvalue weighted by atomic mass is 16.4. The van der Waals surface area contributed by atoms with Gasteiger partial charge in [-0.1, -0.05) is 35.9 Å². The van der Waals surface area contributed by atoms with Crippen molar-refractivity contribution >= 4 is 11.1 Å². The second-order valence-corrected chi connectivity index (χ2v) is 5.32. The van der Waals surface area contributed by atoms with Crippen LogP contribution in [0.4, 0.5) is 0 Å². The Kier molecular flexibility index (Phi) is 3.39. The van der Waals surface area contributed by atoms with Gasteiger partial charge in [0.2, 0.25) is 0 Å². The molecule has 0 radical (unpaired) electrons. The third kappa shape index (κ3) is 2.50. The zero-order chi connectivity index (χ0) is 15.0. The molecule has 1 aromatic heterocycles. The predicted octanol–water partition coefficient (Wildman–Crippen LogP) is 2.94. The molecule has 1 heterocycles. The minimum atomic E-state index is -0.746. The van der Waals surface area contributed by atoms with E-state index in [1.54, 1.807) is 6.07 Å². The van der Waals surface area contributed by atoms with Crippen LogP contribution < -0.4 is 5.76 Å². The van der Waals surface area contributed by atoms with Gasteiger partial charge in [0.05, 0.1) is 18.2 Å². The first kappa shape index (κ1) is 13.6. The highest BCUT2D eigenvalue weighted by Crippen LogP contribution is 2.22. The first-order valence-corrected chi connectivity index (χ1v) is 6.90. The molecule has 0 spiro atoms. The molecule has 3 aromatic rings. The van der Waals surface area contributed by atoms with E-state index >= 15 is 0 Å². The van der Waals surface area contributed by atoms with Gasteiger partial charge < -0.3 is 9.52 Å². The Balaban J connectivity index is 1.98. The summed E-state index contributed by atoms with van der Waals surface area (Å²) < 4.78 is 6.65. The van der Waals surface area contributed by atoms with Gasteiger partial charge in [-0.2, -0.15) is 0 Å². The maximum atomic E-state index is 11.9. The molecule has 3 rings (SSSR count). The van der Waals surface area contributed by atoms with Crippen molar-refractivity contribution in [3.05, 3.63) is 69.7 Å². The van der Waals surface area contributed by atoms with Gasteiger partial charge in [0.25, 0.3) is 0 Å². The molecule has 0 aliphatic carbocycles. The second-order valence-electron chi connectivity index (χ2n) is 5.32. The summed E-state index contributed by atoms with van der Waals surface area (Å²) in [7, 11) is 0. The number of nitrogens with zero attached hydrogens (tertiary/aromatic N) is 1. The molecule has 0 bridgehead atoms. The monoisotopic (exact) mass is 283 g/mol. The van der Waals surface area contributed by atoms with E-state index < -0.39 is 11.9 Å². The van der Waals surface area contributed by atoms with Gasteiger partial charge in [0.15, 0.2) is 5.58 Å². The van der Waals surface area contributed by atoms with Crippen LogP contribution in [-0.4, -0.2) is 9.67 Å². The lowest BCUT2D eigenvalue weighted by atomic mass is 10.0. The van der Waals surface area contributed by atoms with Crippen molar-refractivity contribution in [2.45, 2.75) is 26.5 Å². The molecule has 0 saturated heterocycles. The zero-order valence-corrected chi connectivity index (χ0v) is 12.0. The molecule has 1 unspecified atom stereocenters. The number of rotatable bonds is 3. The smallest absolute Gasteiger partial charge is 0.408 e. The lowest BCUT2D eigenvalue weighted by Gasteiger charge is -2.14. The average Bonchev–Trinajstić information content (AvgIpc) is 2.75. The van der Waals surface area contributed by atoms with Crippen molar-refractivity contribution in [2.24, 2.45) is 0 Å². The summed E-state index contributed by atoms with van der Waals surface area (Å²) in [6.07, 6.45) is -0.746. The molecule has 0 amide bonds. The van der Waals surface area contributed by atoms with E-state index in [1.807, 2.05) is 50.2 Å². The summed E-state index contributed by atoms with van der Waals surface area (Å²) in [4.78, 5) is 11.9. The fourth-order valence-electron chi connectivity index (χ4n) is 2.66. The van der Waals surface area contributed by atoms with E-state index in [9.17, 15) is 9.90 Å². The fourth-order valence-corrected chi connectivity index (χ4v) is 2.66. The largest absolute Gasteiger partial charge is 0.420 e. The van der Waals surface area contributed by atoms with Crippen molar-refractivity contribution in [1.29, 1.82) is 0 Å². The number of benzene rings is 2. The van der Waals surface area contributed by atoms with Gasteiger partial charge in [-0.3, -0.25) is 4.57 Å². The number of aromatic nitrogens is 1. The minimum absolute atomic E-state index is 0.180. The molecule has 0 saturated carbocycles. The van der Waals surface area contributed by atoms with Crippen LogP contribution in [0.5, 0.6) is 0 Å². The van der Waals surface area contributed by atoms with Crippen molar-refractivity contribution in [1.82, 2.24) is 4.57 Å². The molecule has 2 aromatic carbocycles. The third-order valence-corrected chi connectivity index (χ3v) is 3.71. The number of aliphatic hydroxyl groups is 1. The fraction of sp³-hybridized carbons (Fsp3) is 0.235. The Morgan fingerprint density at radius 3 is 2.71 bits per heavy atom. The summed E-state index contributed by atoms with van der Waals surface area (Å²) in [5.74, 6) is -0.444. The number of para-hydroxylation sites is 2. The molecule has 4 heteroatoms. The van der Waals surface area contributed by atoms with Crippen LogP contribution in [0, 0.1) is 13.8 Å². The SMILES string of the molecule is Cc1ccc(C(O)Cn2c(=O)oc3ccccc32)c(C)c1. The van der Waals surface area contributed by atoms with Crippen LogP contribution in [0.25, 0.3) is 11.1 Å². The lowest BCUT2D eigenvalue weighted by molar-refractivity contribution is 0.154. The standard InChI is InChI=1S/C17H17NO3/c1-11-7-8-13(12(2)9-11)15(19)10-18-14-5-3-4-6-16(14)21-17(18)20/h3-9,15,19H,10H2,1-2H3. The first-order valence-electron chi connectivity index (χ1n) is 6.90. The molecule has 108 valence electrons. The molecule has 1 atom stereocenters. The quantitative estimate of drug-likeness (QED) is 0.804. The average molecular weight is 283 g/mol. The van der Waals surface area contributed by atoms with E-state index in [1.165, 1.54) is 4.57 Å². The molecular formula is C17H17NO3. The molecule has 0 aliphatic heterocycles. The van der Waals surface area contributed by atoms with Crippen LogP contribution in [0.3, 0.4) is 0 Å². The van der Waals surface area contributed by atoms with Crippen LogP contribution in [0.15, 0.2) is 51.7 Å². The summed E-state index contributed by atoms with van der Waals surface area (Å²) in [5.41, 5.74) is 4.23. The number of hydrogen-bond acceptors (Lipinski definition) is 3. The van der Waals surface area contributed by atoms with E-state index in [-0.39, 0.29) is 6.54 Å². The predicted molar refractivity (Wildman–Crippen MR) is 81.3 cm³/mol. The Morgan fingerprint density at radius 2 is 1.95 bits per heavy atom. The normalized spacial score (nSPS) is 12.7. The maximum Gasteiger partial charge on any atom is 0.420 e. The summed E-state index contributed by atoms with van der Waals surface area (Å²) >= 11 is 0. The van der Waals surface area contributed by atoms with Gasteiger partial charge in [-0.15, -0.1) is 0 Å². The topological polar surface area (TPSA) is 55.4 Å². The van der Waals surface area contributed by atoms with Crippen molar-refractivity contribution in [3.63, 3.8) is 0 Å². The van der Waals surface area contributed by atoms with E-state index in [0.29, 0.717) is 11.1 Å². The highest BCUT2D eigenvalue weighted by molar-refractivity contribution is 5.72. The Bertz CT molecular complexity index is 845. The van der Waals surface area contributed by atoms with E-state index in [2.05, 4.69) is 0 Å². The molecule has 4 nitrogen and oxygen atoms in total. The first-order chi connectivity index (χ1) is 10.1. The van der Waals surface area contributed by atoms with Gasteiger partial charge in [-0.25, -0.2) is 4.79 Å². The van der Waals surface area contributed by atoms with Crippen LogP contribution in [0.2, 0.25) is 0 Å². The molecule has 0 fully saturated rings. The second kappa shape index (κ2) is 5.22. The van der Waals surface area contributed by atoms with Crippen LogP contribution >= 0.6 is 0 Å². The minimum Gasteiger partial charge on any atom is -0.408 e. The Morgan fingerprint density at radius 1 is 1.19 bits per heavy atom. The highest BCUT2D eigenvalue weighted by Gasteiger charge is 2.16.